The number of fused-ring (bicyclic) bond motifs is 1. The molecule has 1 saturated carbocycles. The summed E-state index contributed by atoms with van der Waals surface area (Å²) in [5.74, 6) is 0.702. The summed E-state index contributed by atoms with van der Waals surface area (Å²) in [6, 6.07) is 3.66. The van der Waals surface area contributed by atoms with Crippen molar-refractivity contribution in [3.05, 3.63) is 27.7 Å². The molecule has 21 heavy (non-hydrogen) atoms. The van der Waals surface area contributed by atoms with Gasteiger partial charge in [-0.3, -0.25) is 4.79 Å². The SMILES string of the molecule is Nc1cc(C(=O)N2CCC[C@H]3CCCC[C@H]32)cc(Cl)c1Cl. The average molecular weight is 327 g/mol. The molecule has 0 unspecified atom stereocenters. The molecule has 1 aliphatic heterocycles. The highest BCUT2D eigenvalue weighted by Crippen LogP contribution is 2.37. The fourth-order valence-electron chi connectivity index (χ4n) is 3.78. The maximum absolute atomic E-state index is 12.8. The zero-order valence-electron chi connectivity index (χ0n) is 11.9. The molecule has 1 amide bonds. The van der Waals surface area contributed by atoms with E-state index in [0.717, 1.165) is 19.4 Å². The maximum Gasteiger partial charge on any atom is 0.254 e. The lowest BCUT2D eigenvalue weighted by Crippen LogP contribution is -2.49. The normalized spacial score (nSPS) is 25.5. The van der Waals surface area contributed by atoms with Crippen molar-refractivity contribution in [3.63, 3.8) is 0 Å². The van der Waals surface area contributed by atoms with Crippen molar-refractivity contribution in [2.24, 2.45) is 5.92 Å². The second-order valence-electron chi connectivity index (χ2n) is 6.11. The number of piperidine rings is 1. The molecule has 2 N–H and O–H groups in total. The van der Waals surface area contributed by atoms with Crippen LogP contribution in [0.4, 0.5) is 5.69 Å². The van der Waals surface area contributed by atoms with Gasteiger partial charge in [0.2, 0.25) is 0 Å². The molecule has 0 radical (unpaired) electrons. The summed E-state index contributed by atoms with van der Waals surface area (Å²) in [5.41, 5.74) is 6.75. The summed E-state index contributed by atoms with van der Waals surface area (Å²) in [4.78, 5) is 14.9. The molecule has 3 rings (SSSR count). The largest absolute Gasteiger partial charge is 0.397 e. The predicted molar refractivity (Wildman–Crippen MR) is 86.9 cm³/mol. The van der Waals surface area contributed by atoms with Crippen LogP contribution in [0.3, 0.4) is 0 Å². The molecular formula is C16H20Cl2N2O. The van der Waals surface area contributed by atoms with E-state index in [0.29, 0.717) is 33.3 Å². The molecule has 1 aromatic rings. The number of benzene rings is 1. The number of likely N-dealkylation sites (tertiary alicyclic amines) is 1. The maximum atomic E-state index is 12.8. The lowest BCUT2D eigenvalue weighted by Gasteiger charge is -2.44. The van der Waals surface area contributed by atoms with Crippen LogP contribution in [0.15, 0.2) is 12.1 Å². The van der Waals surface area contributed by atoms with E-state index in [1.807, 2.05) is 4.90 Å². The van der Waals surface area contributed by atoms with Gasteiger partial charge >= 0.3 is 0 Å². The van der Waals surface area contributed by atoms with Gasteiger partial charge in [-0.25, -0.2) is 0 Å². The second-order valence-corrected chi connectivity index (χ2v) is 6.90. The van der Waals surface area contributed by atoms with Crippen LogP contribution in [0.1, 0.15) is 48.9 Å². The fourth-order valence-corrected chi connectivity index (χ4v) is 4.11. The summed E-state index contributed by atoms with van der Waals surface area (Å²) in [6.07, 6.45) is 7.21. The topological polar surface area (TPSA) is 46.3 Å². The number of anilines is 1. The van der Waals surface area contributed by atoms with Crippen molar-refractivity contribution in [2.45, 2.75) is 44.6 Å². The van der Waals surface area contributed by atoms with Crippen LogP contribution in [-0.4, -0.2) is 23.4 Å². The van der Waals surface area contributed by atoms with Crippen molar-refractivity contribution < 1.29 is 4.79 Å². The minimum atomic E-state index is 0.0388. The third kappa shape index (κ3) is 2.86. The first-order valence-electron chi connectivity index (χ1n) is 7.63. The molecule has 0 spiro atoms. The molecule has 1 aliphatic carbocycles. The molecule has 1 heterocycles. The number of hydrogen-bond donors (Lipinski definition) is 1. The van der Waals surface area contributed by atoms with Gasteiger partial charge in [0.1, 0.15) is 0 Å². The predicted octanol–water partition coefficient (Wildman–Crippen LogP) is 4.37. The Labute approximate surface area is 135 Å². The summed E-state index contributed by atoms with van der Waals surface area (Å²) < 4.78 is 0. The number of rotatable bonds is 1. The summed E-state index contributed by atoms with van der Waals surface area (Å²) in [5, 5.41) is 0.666. The van der Waals surface area contributed by atoms with Crippen LogP contribution in [0, 0.1) is 5.92 Å². The van der Waals surface area contributed by atoms with Crippen molar-refractivity contribution in [1.82, 2.24) is 4.90 Å². The number of halogens is 2. The highest BCUT2D eigenvalue weighted by Gasteiger charge is 2.36. The molecule has 1 aromatic carbocycles. The van der Waals surface area contributed by atoms with Crippen molar-refractivity contribution in [1.29, 1.82) is 0 Å². The second kappa shape index (κ2) is 6.05. The minimum Gasteiger partial charge on any atom is -0.397 e. The Bertz CT molecular complexity index is 536. The van der Waals surface area contributed by atoms with E-state index in [2.05, 4.69) is 0 Å². The molecule has 2 atom stereocenters. The van der Waals surface area contributed by atoms with Crippen LogP contribution >= 0.6 is 23.2 Å². The quantitative estimate of drug-likeness (QED) is 0.779. The Morgan fingerprint density at radius 3 is 2.62 bits per heavy atom. The van der Waals surface area contributed by atoms with Crippen molar-refractivity contribution >= 4 is 34.8 Å². The van der Waals surface area contributed by atoms with E-state index in [4.69, 9.17) is 28.9 Å². The molecule has 1 saturated heterocycles. The molecule has 3 nitrogen and oxygen atoms in total. The third-order valence-electron chi connectivity index (χ3n) is 4.81. The van der Waals surface area contributed by atoms with Crippen LogP contribution in [0.25, 0.3) is 0 Å². The number of nitrogens with zero attached hydrogens (tertiary/aromatic N) is 1. The Balaban J connectivity index is 1.87. The third-order valence-corrected chi connectivity index (χ3v) is 5.62. The van der Waals surface area contributed by atoms with Crippen molar-refractivity contribution in [3.8, 4) is 0 Å². The molecule has 0 bridgehead atoms. The lowest BCUT2D eigenvalue weighted by atomic mass is 9.78. The highest BCUT2D eigenvalue weighted by atomic mass is 35.5. The summed E-state index contributed by atoms with van der Waals surface area (Å²) >= 11 is 12.0. The first-order chi connectivity index (χ1) is 10.1. The fraction of sp³-hybridized carbons (Fsp3) is 0.562. The van der Waals surface area contributed by atoms with Gasteiger partial charge in [-0.15, -0.1) is 0 Å². The molecule has 5 heteroatoms. The highest BCUT2D eigenvalue weighted by molar-refractivity contribution is 6.43. The van der Waals surface area contributed by atoms with Crippen molar-refractivity contribution in [2.75, 3.05) is 12.3 Å². The average Bonchev–Trinajstić information content (AvgIpc) is 2.51. The van der Waals surface area contributed by atoms with Gasteiger partial charge < -0.3 is 10.6 Å². The number of hydrogen-bond acceptors (Lipinski definition) is 2. The molecule has 114 valence electrons. The van der Waals surface area contributed by atoms with Gasteiger partial charge in [0.05, 0.1) is 15.7 Å². The monoisotopic (exact) mass is 326 g/mol. The standard InChI is InChI=1S/C16H20Cl2N2O/c17-12-8-11(9-13(19)15(12)18)16(21)20-7-3-5-10-4-1-2-6-14(10)20/h8-10,14H,1-7,19H2/t10-,14-/m1/s1. The Morgan fingerprint density at radius 1 is 1.14 bits per heavy atom. The van der Waals surface area contributed by atoms with Gasteiger partial charge in [0.15, 0.2) is 0 Å². The van der Waals surface area contributed by atoms with Gasteiger partial charge in [-0.2, -0.15) is 0 Å². The van der Waals surface area contributed by atoms with E-state index in [1.54, 1.807) is 12.1 Å². The molecule has 2 fully saturated rings. The number of nitrogen functional groups attached to an aromatic ring is 1. The van der Waals surface area contributed by atoms with Crippen LogP contribution in [-0.2, 0) is 0 Å². The minimum absolute atomic E-state index is 0.0388. The van der Waals surface area contributed by atoms with E-state index in [-0.39, 0.29) is 5.91 Å². The molecule has 0 aromatic heterocycles. The van der Waals surface area contributed by atoms with Crippen LogP contribution in [0.5, 0.6) is 0 Å². The van der Waals surface area contributed by atoms with E-state index in [1.165, 1.54) is 25.7 Å². The van der Waals surface area contributed by atoms with E-state index in [9.17, 15) is 4.79 Å². The first kappa shape index (κ1) is 15.0. The zero-order chi connectivity index (χ0) is 15.0. The molecule has 2 aliphatic rings. The number of carbonyl (C=O) groups excluding carboxylic acids is 1. The zero-order valence-corrected chi connectivity index (χ0v) is 13.5. The molecular weight excluding hydrogens is 307 g/mol. The number of nitrogens with two attached hydrogens (primary N) is 1. The Hall–Kier alpha value is -0.930. The number of amides is 1. The number of carbonyl (C=O) groups is 1. The van der Waals surface area contributed by atoms with Gasteiger partial charge in [0, 0.05) is 18.2 Å². The van der Waals surface area contributed by atoms with Gasteiger partial charge in [-0.1, -0.05) is 36.0 Å². The van der Waals surface area contributed by atoms with Gasteiger partial charge in [0.25, 0.3) is 5.91 Å². The van der Waals surface area contributed by atoms with Crippen LogP contribution < -0.4 is 5.73 Å². The summed E-state index contributed by atoms with van der Waals surface area (Å²) in [7, 11) is 0. The van der Waals surface area contributed by atoms with Gasteiger partial charge in [-0.05, 0) is 43.7 Å². The van der Waals surface area contributed by atoms with Crippen LogP contribution in [0.2, 0.25) is 10.0 Å². The summed E-state index contributed by atoms with van der Waals surface area (Å²) in [6.45, 7) is 0.833. The first-order valence-corrected chi connectivity index (χ1v) is 8.39. The smallest absolute Gasteiger partial charge is 0.254 e. The Morgan fingerprint density at radius 2 is 1.86 bits per heavy atom. The van der Waals surface area contributed by atoms with E-state index < -0.39 is 0 Å². The van der Waals surface area contributed by atoms with E-state index >= 15 is 0 Å². The Kier molecular flexibility index (Phi) is 4.32. The lowest BCUT2D eigenvalue weighted by molar-refractivity contribution is 0.0391.